The van der Waals surface area contributed by atoms with Gasteiger partial charge in [0.1, 0.15) is 23.6 Å². The van der Waals surface area contributed by atoms with Crippen molar-refractivity contribution >= 4 is 34.9 Å². The summed E-state index contributed by atoms with van der Waals surface area (Å²) in [5, 5.41) is 11.1. The lowest BCUT2D eigenvalue weighted by molar-refractivity contribution is -0.385. The Bertz CT molecular complexity index is 1300. The molecule has 5 rings (SSSR count). The second-order valence-electron chi connectivity index (χ2n) is 9.29. The highest BCUT2D eigenvalue weighted by Crippen LogP contribution is 2.31. The normalized spacial score (nSPS) is 18.1. The second-order valence-corrected chi connectivity index (χ2v) is 9.70. The highest BCUT2D eigenvalue weighted by atomic mass is 35.5. The van der Waals surface area contributed by atoms with Crippen LogP contribution in [0.4, 0.5) is 27.7 Å². The lowest BCUT2D eigenvalue weighted by Crippen LogP contribution is -2.47. The zero-order valence-electron chi connectivity index (χ0n) is 20.2. The number of benzene rings is 1. The minimum absolute atomic E-state index is 0.00651. The van der Waals surface area contributed by atoms with Crippen LogP contribution in [0.15, 0.2) is 36.5 Å². The van der Waals surface area contributed by atoms with Crippen molar-refractivity contribution in [3.63, 3.8) is 0 Å². The third-order valence-electron chi connectivity index (χ3n) is 6.88. The molecular weight excluding hydrogens is 485 g/mol. The van der Waals surface area contributed by atoms with Crippen LogP contribution in [0.5, 0.6) is 0 Å². The number of nitrogens with zero attached hydrogens (tertiary/aromatic N) is 7. The number of hydrogen-bond acceptors (Lipinski definition) is 8. The molecule has 9 nitrogen and oxygen atoms in total. The summed E-state index contributed by atoms with van der Waals surface area (Å²) in [6.45, 7) is 7.71. The highest BCUT2D eigenvalue weighted by Gasteiger charge is 2.27. The summed E-state index contributed by atoms with van der Waals surface area (Å²) in [4.78, 5) is 31.3. The Hall–Kier alpha value is -3.53. The van der Waals surface area contributed by atoms with Gasteiger partial charge in [-0.2, -0.15) is 4.98 Å². The Morgan fingerprint density at radius 2 is 1.83 bits per heavy atom. The Morgan fingerprint density at radius 3 is 2.47 bits per heavy atom. The minimum Gasteiger partial charge on any atom is -0.353 e. The molecule has 1 aromatic carbocycles. The Balaban J connectivity index is 1.42. The van der Waals surface area contributed by atoms with Gasteiger partial charge in [0.2, 0.25) is 5.95 Å². The van der Waals surface area contributed by atoms with Crippen LogP contribution in [0.1, 0.15) is 25.3 Å². The third-order valence-corrected chi connectivity index (χ3v) is 7.17. The summed E-state index contributed by atoms with van der Waals surface area (Å²) in [5.74, 6) is 1.77. The van der Waals surface area contributed by atoms with Crippen molar-refractivity contribution < 1.29 is 9.31 Å². The monoisotopic (exact) mass is 511 g/mol. The van der Waals surface area contributed by atoms with E-state index in [9.17, 15) is 14.5 Å². The van der Waals surface area contributed by atoms with E-state index in [-0.39, 0.29) is 10.7 Å². The first kappa shape index (κ1) is 24.2. The van der Waals surface area contributed by atoms with Gasteiger partial charge in [-0.1, -0.05) is 11.6 Å². The average molecular weight is 512 g/mol. The summed E-state index contributed by atoms with van der Waals surface area (Å²) in [5.41, 5.74) is 2.21. The number of halogens is 2. The van der Waals surface area contributed by atoms with Crippen molar-refractivity contribution in [3.8, 4) is 11.3 Å². The molecule has 0 aliphatic carbocycles. The number of pyridine rings is 1. The first-order valence-corrected chi connectivity index (χ1v) is 12.4. The fourth-order valence-electron chi connectivity index (χ4n) is 4.88. The molecule has 11 heteroatoms. The molecular formula is C25H27ClFN7O2. The largest absolute Gasteiger partial charge is 0.353 e. The Labute approximate surface area is 213 Å². The van der Waals surface area contributed by atoms with Crippen LogP contribution in [0.25, 0.3) is 11.3 Å². The zero-order chi connectivity index (χ0) is 25.4. The molecule has 3 aromatic rings. The smallest absolute Gasteiger partial charge is 0.287 e. The van der Waals surface area contributed by atoms with Crippen LogP contribution in [-0.2, 0) is 0 Å². The predicted molar refractivity (Wildman–Crippen MR) is 139 cm³/mol. The number of hydrogen-bond donors (Lipinski definition) is 0. The van der Waals surface area contributed by atoms with E-state index in [1.165, 1.54) is 12.3 Å². The molecule has 0 radical (unpaired) electrons. The topological polar surface area (TPSA) is 91.5 Å². The minimum atomic E-state index is -0.464. The first-order valence-electron chi connectivity index (χ1n) is 12.0. The van der Waals surface area contributed by atoms with E-state index in [0.717, 1.165) is 42.1 Å². The highest BCUT2D eigenvalue weighted by molar-refractivity contribution is 6.31. The van der Waals surface area contributed by atoms with Gasteiger partial charge >= 0.3 is 0 Å². The number of aryl methyl sites for hydroxylation is 1. The van der Waals surface area contributed by atoms with Crippen molar-refractivity contribution in [1.29, 1.82) is 0 Å². The molecule has 1 unspecified atom stereocenters. The van der Waals surface area contributed by atoms with Crippen LogP contribution in [0.2, 0.25) is 5.02 Å². The van der Waals surface area contributed by atoms with Crippen LogP contribution in [-0.4, -0.2) is 58.6 Å². The molecule has 36 heavy (non-hydrogen) atoms. The van der Waals surface area contributed by atoms with Gasteiger partial charge in [-0.3, -0.25) is 10.1 Å². The van der Waals surface area contributed by atoms with Crippen LogP contribution in [0, 0.1) is 22.9 Å². The van der Waals surface area contributed by atoms with Gasteiger partial charge in [-0.25, -0.2) is 14.4 Å². The number of piperazine rings is 1. The van der Waals surface area contributed by atoms with Gasteiger partial charge < -0.3 is 14.7 Å². The van der Waals surface area contributed by atoms with Crippen molar-refractivity contribution in [2.24, 2.45) is 0 Å². The Kier molecular flexibility index (Phi) is 6.61. The summed E-state index contributed by atoms with van der Waals surface area (Å²) in [7, 11) is 0. The molecule has 0 spiro atoms. The molecule has 2 saturated heterocycles. The van der Waals surface area contributed by atoms with E-state index < -0.39 is 10.7 Å². The first-order chi connectivity index (χ1) is 17.3. The summed E-state index contributed by atoms with van der Waals surface area (Å²) in [6.07, 6.45) is 3.49. The fraction of sp³-hybridized carbons (Fsp3) is 0.400. The predicted octanol–water partition coefficient (Wildman–Crippen LogP) is 4.86. The van der Waals surface area contributed by atoms with Gasteiger partial charge in [0.05, 0.1) is 15.6 Å². The quantitative estimate of drug-likeness (QED) is 0.354. The van der Waals surface area contributed by atoms with E-state index in [4.69, 9.17) is 21.6 Å². The summed E-state index contributed by atoms with van der Waals surface area (Å²) >= 11 is 6.07. The van der Waals surface area contributed by atoms with Crippen LogP contribution in [0.3, 0.4) is 0 Å². The number of aromatic nitrogens is 3. The van der Waals surface area contributed by atoms with E-state index in [0.29, 0.717) is 43.9 Å². The van der Waals surface area contributed by atoms with E-state index in [1.807, 2.05) is 13.0 Å². The lowest BCUT2D eigenvalue weighted by Gasteiger charge is -2.37. The van der Waals surface area contributed by atoms with Crippen molar-refractivity contribution in [3.05, 3.63) is 63.0 Å². The van der Waals surface area contributed by atoms with Gasteiger partial charge in [0, 0.05) is 56.5 Å². The molecule has 4 heterocycles. The SMILES string of the molecule is Cc1cc([N+](=O)[O-])cnc1N1CCN(c2cc(-c3ccc(F)c(Cl)c3)nc(N3CCCC3C)n2)CC1. The van der Waals surface area contributed by atoms with Crippen LogP contribution < -0.4 is 14.7 Å². The number of anilines is 3. The summed E-state index contributed by atoms with van der Waals surface area (Å²) < 4.78 is 13.8. The van der Waals surface area contributed by atoms with Gasteiger partial charge in [-0.05, 0) is 50.5 Å². The maximum absolute atomic E-state index is 13.8. The molecule has 0 N–H and O–H groups in total. The maximum atomic E-state index is 13.8. The zero-order valence-corrected chi connectivity index (χ0v) is 21.0. The summed E-state index contributed by atoms with van der Waals surface area (Å²) in [6, 6.07) is 8.47. The van der Waals surface area contributed by atoms with Crippen LogP contribution >= 0.6 is 11.6 Å². The van der Waals surface area contributed by atoms with E-state index >= 15 is 0 Å². The molecule has 2 aromatic heterocycles. The molecule has 0 bridgehead atoms. The number of nitro groups is 1. The van der Waals surface area contributed by atoms with Crippen molar-refractivity contribution in [1.82, 2.24) is 15.0 Å². The Morgan fingerprint density at radius 1 is 1.08 bits per heavy atom. The molecule has 2 fully saturated rings. The van der Waals surface area contributed by atoms with Crippen molar-refractivity contribution in [2.45, 2.75) is 32.7 Å². The molecule has 2 aliphatic heterocycles. The average Bonchev–Trinajstić information content (AvgIpc) is 3.31. The van der Waals surface area contributed by atoms with Gasteiger partial charge in [0.15, 0.2) is 0 Å². The van der Waals surface area contributed by atoms with Crippen molar-refractivity contribution in [2.75, 3.05) is 47.4 Å². The maximum Gasteiger partial charge on any atom is 0.287 e. The van der Waals surface area contributed by atoms with E-state index in [2.05, 4.69) is 26.6 Å². The van der Waals surface area contributed by atoms with Gasteiger partial charge in [-0.15, -0.1) is 0 Å². The standard InChI is InChI=1S/C25H27ClFN7O2/c1-16-12-19(34(35)36)15-28-24(16)32-10-8-31(9-11-32)23-14-22(18-5-6-21(27)20(26)13-18)29-25(30-23)33-7-3-4-17(33)2/h5-6,12-15,17H,3-4,7-11H2,1-2H3. The number of rotatable bonds is 5. The molecule has 188 valence electrons. The lowest BCUT2D eigenvalue weighted by atomic mass is 10.1. The molecule has 2 aliphatic rings. The van der Waals surface area contributed by atoms with Gasteiger partial charge in [0.25, 0.3) is 5.69 Å². The molecule has 0 saturated carbocycles. The molecule has 1 atom stereocenters. The molecule has 0 amide bonds. The second kappa shape index (κ2) is 9.85. The third kappa shape index (κ3) is 4.77. The fourth-order valence-corrected chi connectivity index (χ4v) is 5.06. The van der Waals surface area contributed by atoms with E-state index in [1.54, 1.807) is 18.2 Å².